The van der Waals surface area contributed by atoms with Crippen LogP contribution < -0.4 is 5.73 Å². The molecular formula is C16H23ClFN5O2Si. The van der Waals surface area contributed by atoms with Crippen LogP contribution in [0, 0.1) is 0 Å². The molecule has 2 atom stereocenters. The fourth-order valence-corrected chi connectivity index (χ4v) is 3.63. The van der Waals surface area contributed by atoms with E-state index >= 15 is 0 Å². The first kappa shape index (κ1) is 19.2. The van der Waals surface area contributed by atoms with Gasteiger partial charge in [-0.3, -0.25) is 4.57 Å². The molecule has 2 aromatic rings. The fraction of sp³-hybridized carbons (Fsp3) is 0.562. The molecule has 0 amide bonds. The molecule has 2 N–H and O–H groups in total. The lowest BCUT2D eigenvalue weighted by Gasteiger charge is -2.36. The van der Waals surface area contributed by atoms with Crippen molar-refractivity contribution < 1.29 is 13.6 Å². The highest BCUT2D eigenvalue weighted by Crippen LogP contribution is 2.38. The number of rotatable bonds is 4. The van der Waals surface area contributed by atoms with Gasteiger partial charge in [-0.2, -0.15) is 9.97 Å². The van der Waals surface area contributed by atoms with Crippen LogP contribution in [-0.4, -0.2) is 40.5 Å². The van der Waals surface area contributed by atoms with E-state index in [1.54, 1.807) is 0 Å². The molecule has 142 valence electrons. The van der Waals surface area contributed by atoms with E-state index in [0.717, 1.165) is 0 Å². The molecule has 1 aliphatic rings. The predicted molar refractivity (Wildman–Crippen MR) is 101 cm³/mol. The molecule has 3 heterocycles. The maximum absolute atomic E-state index is 14.5. The van der Waals surface area contributed by atoms with Crippen molar-refractivity contribution in [3.63, 3.8) is 0 Å². The highest BCUT2D eigenvalue weighted by atomic mass is 35.5. The highest BCUT2D eigenvalue weighted by molar-refractivity contribution is 6.74. The number of nitrogens with two attached hydrogens (primary N) is 1. The van der Waals surface area contributed by atoms with Gasteiger partial charge in [0.1, 0.15) is 17.4 Å². The van der Waals surface area contributed by atoms with Crippen molar-refractivity contribution in [1.29, 1.82) is 0 Å². The van der Waals surface area contributed by atoms with Crippen LogP contribution in [0.4, 0.5) is 10.3 Å². The minimum absolute atomic E-state index is 0.00977. The number of nitrogen functional groups attached to an aromatic ring is 1. The van der Waals surface area contributed by atoms with Crippen molar-refractivity contribution in [3.05, 3.63) is 23.4 Å². The quantitative estimate of drug-likeness (QED) is 0.620. The van der Waals surface area contributed by atoms with Crippen molar-refractivity contribution in [3.8, 4) is 0 Å². The summed E-state index contributed by atoms with van der Waals surface area (Å²) in [7, 11) is -1.95. The second-order valence-corrected chi connectivity index (χ2v) is 13.0. The molecule has 0 unspecified atom stereocenters. The molecule has 26 heavy (non-hydrogen) atoms. The Labute approximate surface area is 157 Å². The Balaban J connectivity index is 1.78. The third-order valence-corrected chi connectivity index (χ3v) is 9.71. The maximum Gasteiger partial charge on any atom is 0.223 e. The molecule has 3 rings (SSSR count). The molecule has 0 spiro atoms. The van der Waals surface area contributed by atoms with Crippen LogP contribution in [0.5, 0.6) is 0 Å². The number of nitrogens with zero attached hydrogens (tertiary/aromatic N) is 4. The Morgan fingerprint density at radius 3 is 2.73 bits per heavy atom. The van der Waals surface area contributed by atoms with Gasteiger partial charge in [0.15, 0.2) is 25.3 Å². The van der Waals surface area contributed by atoms with Gasteiger partial charge in [0.05, 0.1) is 12.9 Å². The molecule has 0 saturated carbocycles. The Hall–Kier alpha value is -1.55. The van der Waals surface area contributed by atoms with Crippen LogP contribution in [0.25, 0.3) is 11.2 Å². The molecule has 2 aromatic heterocycles. The van der Waals surface area contributed by atoms with Crippen LogP contribution in [0.3, 0.4) is 0 Å². The normalized spacial score (nSPS) is 21.4. The van der Waals surface area contributed by atoms with Crippen molar-refractivity contribution >= 4 is 37.0 Å². The first-order valence-corrected chi connectivity index (χ1v) is 11.6. The van der Waals surface area contributed by atoms with Gasteiger partial charge in [-0.1, -0.05) is 32.4 Å². The number of ether oxygens (including phenoxy) is 1. The number of halogens is 2. The Bertz CT molecular complexity index is 864. The zero-order valence-corrected chi connectivity index (χ0v) is 17.2. The largest absolute Gasteiger partial charge is 0.414 e. The van der Waals surface area contributed by atoms with E-state index in [1.165, 1.54) is 17.0 Å². The number of imidazole rings is 1. The summed E-state index contributed by atoms with van der Waals surface area (Å²) in [6.45, 7) is 11.0. The second kappa shape index (κ2) is 6.56. The number of anilines is 1. The third kappa shape index (κ3) is 3.48. The summed E-state index contributed by atoms with van der Waals surface area (Å²) in [6, 6.07) is 0. The average molecular weight is 400 g/mol. The van der Waals surface area contributed by atoms with Crippen LogP contribution in [0.2, 0.25) is 23.3 Å². The predicted octanol–water partition coefficient (Wildman–Crippen LogP) is 3.83. The van der Waals surface area contributed by atoms with E-state index in [0.29, 0.717) is 17.8 Å². The summed E-state index contributed by atoms with van der Waals surface area (Å²) in [6.07, 6.45) is 1.38. The fourth-order valence-electron chi connectivity index (χ4n) is 2.39. The van der Waals surface area contributed by atoms with Gasteiger partial charge in [0, 0.05) is 0 Å². The van der Waals surface area contributed by atoms with Crippen molar-refractivity contribution in [2.45, 2.75) is 51.2 Å². The highest BCUT2D eigenvalue weighted by Gasteiger charge is 2.39. The zero-order valence-electron chi connectivity index (χ0n) is 15.5. The molecule has 0 aromatic carbocycles. The van der Waals surface area contributed by atoms with Crippen molar-refractivity contribution in [1.82, 2.24) is 19.5 Å². The van der Waals surface area contributed by atoms with E-state index in [2.05, 4.69) is 48.8 Å². The van der Waals surface area contributed by atoms with Gasteiger partial charge in [-0.15, -0.1) is 0 Å². The number of fused-ring (bicyclic) bond motifs is 1. The smallest absolute Gasteiger partial charge is 0.223 e. The summed E-state index contributed by atoms with van der Waals surface area (Å²) in [5, 5.41) is 0.186. The summed E-state index contributed by atoms with van der Waals surface area (Å²) < 4.78 is 27.9. The van der Waals surface area contributed by atoms with Crippen molar-refractivity contribution in [2.24, 2.45) is 0 Å². The van der Waals surface area contributed by atoms with Crippen LogP contribution in [-0.2, 0) is 9.16 Å². The van der Waals surface area contributed by atoms with Gasteiger partial charge >= 0.3 is 0 Å². The zero-order chi connectivity index (χ0) is 19.3. The van der Waals surface area contributed by atoms with E-state index < -0.39 is 26.5 Å². The lowest BCUT2D eigenvalue weighted by molar-refractivity contribution is -0.0150. The topological polar surface area (TPSA) is 88.1 Å². The van der Waals surface area contributed by atoms with E-state index in [9.17, 15) is 4.39 Å². The lowest BCUT2D eigenvalue weighted by atomic mass is 10.2. The van der Waals surface area contributed by atoms with E-state index in [1.807, 2.05) is 0 Å². The van der Waals surface area contributed by atoms with E-state index in [-0.39, 0.29) is 16.1 Å². The van der Waals surface area contributed by atoms with Crippen LogP contribution in [0.1, 0.15) is 27.0 Å². The lowest BCUT2D eigenvalue weighted by Crippen LogP contribution is -2.42. The SMILES string of the molecule is CC(C)(C)[Si](C)(C)OC[C@H]1C=C(F)[C@H](n2cnc3c(Cl)nc(N)nc32)O1. The minimum atomic E-state index is -1.95. The Morgan fingerprint density at radius 1 is 1.38 bits per heavy atom. The first-order chi connectivity index (χ1) is 12.0. The number of hydrogen-bond donors (Lipinski definition) is 1. The standard InChI is InChI=1S/C16H23ClFN5O2Si/c1-16(2,3)26(4,5)24-7-9-6-10(18)14(25-9)23-8-20-11-12(17)21-15(19)22-13(11)23/h6,8-9,14H,7H2,1-5H3,(H2,19,21,22)/t9-,14-/m1/s1. The van der Waals surface area contributed by atoms with E-state index in [4.69, 9.17) is 26.5 Å². The monoisotopic (exact) mass is 399 g/mol. The molecule has 0 bridgehead atoms. The summed E-state index contributed by atoms with van der Waals surface area (Å²) in [4.78, 5) is 12.1. The number of aromatic nitrogens is 4. The Kier molecular flexibility index (Phi) is 4.85. The Morgan fingerprint density at radius 2 is 2.08 bits per heavy atom. The third-order valence-electron chi connectivity index (χ3n) is 4.95. The summed E-state index contributed by atoms with van der Waals surface area (Å²) in [5.41, 5.74) is 6.30. The van der Waals surface area contributed by atoms with Gasteiger partial charge in [0.2, 0.25) is 5.95 Å². The van der Waals surface area contributed by atoms with Gasteiger partial charge in [-0.25, -0.2) is 9.37 Å². The molecule has 7 nitrogen and oxygen atoms in total. The summed E-state index contributed by atoms with van der Waals surface area (Å²) in [5.74, 6) is -0.439. The van der Waals surface area contributed by atoms with Crippen molar-refractivity contribution in [2.75, 3.05) is 12.3 Å². The maximum atomic E-state index is 14.5. The van der Waals surface area contributed by atoms with Crippen LogP contribution in [0.15, 0.2) is 18.2 Å². The second-order valence-electron chi connectivity index (χ2n) is 7.85. The molecular weight excluding hydrogens is 377 g/mol. The first-order valence-electron chi connectivity index (χ1n) is 8.32. The van der Waals surface area contributed by atoms with Gasteiger partial charge in [0.25, 0.3) is 0 Å². The molecule has 0 saturated heterocycles. The molecule has 0 fully saturated rings. The molecule has 1 aliphatic heterocycles. The molecule has 0 aliphatic carbocycles. The number of hydrogen-bond acceptors (Lipinski definition) is 6. The van der Waals surface area contributed by atoms with Crippen LogP contribution >= 0.6 is 11.6 Å². The molecule has 10 heteroatoms. The minimum Gasteiger partial charge on any atom is -0.414 e. The average Bonchev–Trinajstić information content (AvgIpc) is 3.07. The van der Waals surface area contributed by atoms with Gasteiger partial charge in [-0.05, 0) is 24.2 Å². The summed E-state index contributed by atoms with van der Waals surface area (Å²) >= 11 is 6.02. The molecule has 0 radical (unpaired) electrons. The van der Waals surface area contributed by atoms with Gasteiger partial charge < -0.3 is 14.9 Å².